The monoisotopic (exact) mass is 417 g/mol. The Morgan fingerprint density at radius 2 is 1.90 bits per heavy atom. The Balaban J connectivity index is 2.40. The highest BCUT2D eigenvalue weighted by atomic mass is 79.9. The van der Waals surface area contributed by atoms with Gasteiger partial charge in [0.15, 0.2) is 5.75 Å². The molecule has 0 aliphatic carbocycles. The zero-order chi connectivity index (χ0) is 15.6. The summed E-state index contributed by atoms with van der Waals surface area (Å²) in [4.78, 5) is 18.4. The number of rotatable bonds is 4. The van der Waals surface area contributed by atoms with Gasteiger partial charge in [0.2, 0.25) is 5.88 Å². The highest BCUT2D eigenvalue weighted by molar-refractivity contribution is 9.11. The van der Waals surface area contributed by atoms with Crippen LogP contribution < -0.4 is 16.0 Å². The van der Waals surface area contributed by atoms with Gasteiger partial charge < -0.3 is 10.2 Å². The molecule has 0 saturated heterocycles. The molecule has 3 N–H and O–H groups in total. The van der Waals surface area contributed by atoms with Gasteiger partial charge in [0.1, 0.15) is 11.6 Å². The lowest BCUT2D eigenvalue weighted by Crippen LogP contribution is -2.10. The van der Waals surface area contributed by atoms with Crippen molar-refractivity contribution < 1.29 is 9.66 Å². The molecule has 0 bridgehead atoms. The maximum absolute atomic E-state index is 10.8. The summed E-state index contributed by atoms with van der Waals surface area (Å²) in [6, 6.07) is 4.19. The predicted octanol–water partition coefficient (Wildman–Crippen LogP) is 3.30. The second kappa shape index (κ2) is 6.33. The fraction of sp³-hybridized carbons (Fsp3) is 0.0909. The van der Waals surface area contributed by atoms with E-state index in [9.17, 15) is 10.1 Å². The van der Waals surface area contributed by atoms with Gasteiger partial charge in [0.25, 0.3) is 5.69 Å². The van der Waals surface area contributed by atoms with Crippen LogP contribution in [-0.2, 0) is 0 Å². The van der Waals surface area contributed by atoms with E-state index in [2.05, 4.69) is 47.3 Å². The molecule has 1 aromatic heterocycles. The van der Waals surface area contributed by atoms with Crippen molar-refractivity contribution in [1.29, 1.82) is 0 Å². The largest absolute Gasteiger partial charge is 0.436 e. The van der Waals surface area contributed by atoms with Crippen molar-refractivity contribution in [3.8, 4) is 11.6 Å². The molecule has 110 valence electrons. The molecule has 0 unspecified atom stereocenters. The molecule has 8 nitrogen and oxygen atoms in total. The Labute approximate surface area is 136 Å². The van der Waals surface area contributed by atoms with Crippen molar-refractivity contribution >= 4 is 43.4 Å². The van der Waals surface area contributed by atoms with Gasteiger partial charge in [-0.05, 0) is 38.8 Å². The summed E-state index contributed by atoms with van der Waals surface area (Å²) < 4.78 is 6.47. The lowest BCUT2D eigenvalue weighted by Gasteiger charge is -2.10. The first-order chi connectivity index (χ1) is 9.90. The number of ether oxygens (including phenoxy) is 1. The van der Waals surface area contributed by atoms with Crippen LogP contribution in [-0.4, -0.2) is 14.9 Å². The van der Waals surface area contributed by atoms with E-state index in [0.29, 0.717) is 26.3 Å². The zero-order valence-electron chi connectivity index (χ0n) is 10.6. The number of aromatic nitrogens is 2. The molecule has 0 amide bonds. The molecule has 0 radical (unpaired) electrons. The van der Waals surface area contributed by atoms with E-state index in [1.807, 2.05) is 0 Å². The molecule has 10 heteroatoms. The molecule has 1 heterocycles. The Morgan fingerprint density at radius 3 is 2.43 bits per heavy atom. The Morgan fingerprint density at radius 1 is 1.29 bits per heavy atom. The minimum absolute atomic E-state index is 0.0655. The fourth-order valence-electron chi connectivity index (χ4n) is 1.52. The zero-order valence-corrected chi connectivity index (χ0v) is 13.8. The van der Waals surface area contributed by atoms with Crippen molar-refractivity contribution in [3.63, 3.8) is 0 Å². The average Bonchev–Trinajstić information content (AvgIpc) is 2.41. The van der Waals surface area contributed by atoms with Crippen LogP contribution in [0.5, 0.6) is 11.6 Å². The summed E-state index contributed by atoms with van der Waals surface area (Å²) in [6.07, 6.45) is 0. The van der Waals surface area contributed by atoms with E-state index in [0.717, 1.165) is 0 Å². The summed E-state index contributed by atoms with van der Waals surface area (Å²) >= 11 is 6.47. The Hall–Kier alpha value is -1.78. The number of non-ortho nitro benzene ring substituents is 1. The number of hydrogen-bond donors (Lipinski definition) is 2. The van der Waals surface area contributed by atoms with Gasteiger partial charge in [-0.25, -0.2) is 10.8 Å². The number of anilines is 1. The second-order valence-electron chi connectivity index (χ2n) is 3.88. The molecule has 21 heavy (non-hydrogen) atoms. The van der Waals surface area contributed by atoms with Crippen LogP contribution >= 0.6 is 31.9 Å². The van der Waals surface area contributed by atoms with E-state index in [1.165, 1.54) is 18.2 Å². The van der Waals surface area contributed by atoms with Crippen molar-refractivity contribution in [2.24, 2.45) is 5.84 Å². The number of aryl methyl sites for hydroxylation is 1. The molecule has 0 spiro atoms. The molecule has 0 aliphatic rings. The molecular formula is C11H9Br2N5O3. The molecule has 2 aromatic rings. The van der Waals surface area contributed by atoms with Gasteiger partial charge in [-0.15, -0.1) is 0 Å². The van der Waals surface area contributed by atoms with Gasteiger partial charge in [-0.3, -0.25) is 10.1 Å². The highest BCUT2D eigenvalue weighted by Gasteiger charge is 2.16. The number of nitrogens with one attached hydrogen (secondary N) is 1. The van der Waals surface area contributed by atoms with Crippen molar-refractivity contribution in [3.05, 3.63) is 43.1 Å². The summed E-state index contributed by atoms with van der Waals surface area (Å²) in [5.41, 5.74) is 2.34. The highest BCUT2D eigenvalue weighted by Crippen LogP contribution is 2.39. The van der Waals surface area contributed by atoms with Gasteiger partial charge in [0.05, 0.1) is 13.9 Å². The number of nitro benzene ring substituents is 1. The first-order valence-corrected chi connectivity index (χ1v) is 7.13. The van der Waals surface area contributed by atoms with Crippen LogP contribution in [0.4, 0.5) is 11.5 Å². The van der Waals surface area contributed by atoms with Gasteiger partial charge in [-0.2, -0.15) is 4.98 Å². The minimum Gasteiger partial charge on any atom is -0.436 e. The SMILES string of the molecule is Cc1nc(NN)cc(Oc2c(Br)cc([N+](=O)[O-])cc2Br)n1. The number of hydrogen-bond acceptors (Lipinski definition) is 7. The fourth-order valence-corrected chi connectivity index (χ4v) is 2.84. The molecule has 0 saturated carbocycles. The van der Waals surface area contributed by atoms with Crippen LogP contribution in [0.2, 0.25) is 0 Å². The summed E-state index contributed by atoms with van der Waals surface area (Å²) in [6.45, 7) is 1.69. The number of benzene rings is 1. The average molecular weight is 419 g/mol. The van der Waals surface area contributed by atoms with Crippen LogP contribution in [0.1, 0.15) is 5.82 Å². The van der Waals surface area contributed by atoms with Crippen LogP contribution in [0.3, 0.4) is 0 Å². The van der Waals surface area contributed by atoms with Crippen molar-refractivity contribution in [2.75, 3.05) is 5.43 Å². The number of nitrogen functional groups attached to an aromatic ring is 1. The van der Waals surface area contributed by atoms with E-state index < -0.39 is 4.92 Å². The summed E-state index contributed by atoms with van der Waals surface area (Å²) in [5.74, 6) is 6.78. The summed E-state index contributed by atoms with van der Waals surface area (Å²) in [5, 5.41) is 10.8. The normalized spacial score (nSPS) is 10.3. The molecule has 1 aromatic carbocycles. The number of nitrogens with two attached hydrogens (primary N) is 1. The molecule has 0 aliphatic heterocycles. The smallest absolute Gasteiger partial charge is 0.271 e. The summed E-state index contributed by atoms with van der Waals surface area (Å²) in [7, 11) is 0. The minimum atomic E-state index is -0.495. The molecular weight excluding hydrogens is 410 g/mol. The first-order valence-electron chi connectivity index (χ1n) is 5.54. The van der Waals surface area contributed by atoms with Crippen LogP contribution in [0.15, 0.2) is 27.1 Å². The molecule has 0 atom stereocenters. The predicted molar refractivity (Wildman–Crippen MR) is 83.1 cm³/mol. The quantitative estimate of drug-likeness (QED) is 0.444. The van der Waals surface area contributed by atoms with E-state index in [1.54, 1.807) is 6.92 Å². The van der Waals surface area contributed by atoms with Gasteiger partial charge in [-0.1, -0.05) is 0 Å². The van der Waals surface area contributed by atoms with Crippen LogP contribution in [0.25, 0.3) is 0 Å². The number of hydrazine groups is 1. The lowest BCUT2D eigenvalue weighted by atomic mass is 10.3. The third kappa shape index (κ3) is 3.65. The first kappa shape index (κ1) is 15.6. The third-order valence-corrected chi connectivity index (χ3v) is 3.54. The lowest BCUT2D eigenvalue weighted by molar-refractivity contribution is -0.385. The van der Waals surface area contributed by atoms with E-state index in [4.69, 9.17) is 10.6 Å². The molecule has 2 rings (SSSR count). The van der Waals surface area contributed by atoms with Crippen molar-refractivity contribution in [1.82, 2.24) is 9.97 Å². The standard InChI is InChI=1S/C11H9Br2N5O3/c1-5-15-9(17-14)4-10(16-5)21-11-7(12)2-6(18(19)20)3-8(11)13/h2-4H,14H2,1H3,(H,15,16,17). The number of nitro groups is 1. The second-order valence-corrected chi connectivity index (χ2v) is 5.59. The Bertz CT molecular complexity index is 687. The topological polar surface area (TPSA) is 116 Å². The van der Waals surface area contributed by atoms with E-state index in [-0.39, 0.29) is 11.6 Å². The third-order valence-electron chi connectivity index (χ3n) is 2.36. The van der Waals surface area contributed by atoms with Gasteiger partial charge in [0, 0.05) is 18.2 Å². The maximum Gasteiger partial charge on any atom is 0.271 e. The van der Waals surface area contributed by atoms with Crippen molar-refractivity contribution in [2.45, 2.75) is 6.92 Å². The van der Waals surface area contributed by atoms with E-state index >= 15 is 0 Å². The maximum atomic E-state index is 10.8. The molecule has 0 fully saturated rings. The van der Waals surface area contributed by atoms with Crippen LogP contribution in [0, 0.1) is 17.0 Å². The Kier molecular flexibility index (Phi) is 4.70. The number of halogens is 2. The number of nitrogens with zero attached hydrogens (tertiary/aromatic N) is 3. The van der Waals surface area contributed by atoms with Gasteiger partial charge >= 0.3 is 0 Å².